The van der Waals surface area contributed by atoms with Crippen LogP contribution in [0.2, 0.25) is 0 Å². The first kappa shape index (κ1) is 20.9. The molecular weight excluding hydrogens is 322 g/mol. The van der Waals surface area contributed by atoms with E-state index in [4.69, 9.17) is 5.73 Å². The van der Waals surface area contributed by atoms with Crippen molar-refractivity contribution in [3.05, 3.63) is 22.4 Å². The van der Waals surface area contributed by atoms with Crippen LogP contribution >= 0.6 is 23.7 Å². The van der Waals surface area contributed by atoms with Crippen LogP contribution in [0.3, 0.4) is 0 Å². The number of nitrogens with two attached hydrogens (primary N) is 1. The molecule has 1 aromatic rings. The molecule has 3 N–H and O–H groups in total. The molecule has 0 fully saturated rings. The molecule has 0 spiro atoms. The summed E-state index contributed by atoms with van der Waals surface area (Å²) in [5.41, 5.74) is 5.76. The fourth-order valence-corrected chi connectivity index (χ4v) is 2.52. The molecule has 0 aliphatic rings. The maximum absolute atomic E-state index is 12.3. The van der Waals surface area contributed by atoms with Crippen molar-refractivity contribution in [1.82, 2.24) is 10.2 Å². The first-order valence-corrected chi connectivity index (χ1v) is 8.06. The highest BCUT2D eigenvalue weighted by Gasteiger charge is 2.21. The lowest BCUT2D eigenvalue weighted by atomic mass is 10.1. The largest absolute Gasteiger partial charge is 0.346 e. The minimum atomic E-state index is -0.581. The Hall–Kier alpha value is -1.11. The highest BCUT2D eigenvalue weighted by atomic mass is 35.5. The smallest absolute Gasteiger partial charge is 0.242 e. The third-order valence-corrected chi connectivity index (χ3v) is 4.15. The standard InChI is InChI=1S/C15H25N3O2S.ClH/c1-10(2)14(16)15(20)17-8-13(19)18(11(3)4)9-12-6-5-7-21-12;/h5-7,10-11,14H,8-9,16H2,1-4H3,(H,17,20);1H/t14-;/m0./s1. The summed E-state index contributed by atoms with van der Waals surface area (Å²) in [6, 6.07) is 3.46. The molecule has 0 saturated carbocycles. The number of amides is 2. The lowest BCUT2D eigenvalue weighted by Gasteiger charge is -2.27. The summed E-state index contributed by atoms with van der Waals surface area (Å²) < 4.78 is 0. The van der Waals surface area contributed by atoms with Gasteiger partial charge in [0.1, 0.15) is 0 Å². The monoisotopic (exact) mass is 347 g/mol. The van der Waals surface area contributed by atoms with Crippen molar-refractivity contribution in [2.24, 2.45) is 11.7 Å². The van der Waals surface area contributed by atoms with Gasteiger partial charge in [-0.05, 0) is 31.2 Å². The average molecular weight is 348 g/mol. The fraction of sp³-hybridized carbons (Fsp3) is 0.600. The van der Waals surface area contributed by atoms with Gasteiger partial charge in [-0.2, -0.15) is 0 Å². The average Bonchev–Trinajstić information content (AvgIpc) is 2.93. The quantitative estimate of drug-likeness (QED) is 0.792. The third-order valence-electron chi connectivity index (χ3n) is 3.28. The van der Waals surface area contributed by atoms with E-state index in [0.29, 0.717) is 6.54 Å². The topological polar surface area (TPSA) is 75.4 Å². The van der Waals surface area contributed by atoms with Gasteiger partial charge in [0.15, 0.2) is 0 Å². The van der Waals surface area contributed by atoms with Gasteiger partial charge in [0, 0.05) is 10.9 Å². The van der Waals surface area contributed by atoms with Crippen LogP contribution in [-0.4, -0.2) is 35.3 Å². The van der Waals surface area contributed by atoms with E-state index in [-0.39, 0.29) is 42.7 Å². The van der Waals surface area contributed by atoms with E-state index >= 15 is 0 Å². The molecule has 126 valence electrons. The Morgan fingerprint density at radius 2 is 1.95 bits per heavy atom. The van der Waals surface area contributed by atoms with E-state index in [1.807, 2.05) is 45.2 Å². The zero-order chi connectivity index (χ0) is 16.0. The highest BCUT2D eigenvalue weighted by molar-refractivity contribution is 7.09. The molecule has 1 aromatic heterocycles. The summed E-state index contributed by atoms with van der Waals surface area (Å²) in [6.45, 7) is 8.25. The zero-order valence-corrected chi connectivity index (χ0v) is 15.2. The van der Waals surface area contributed by atoms with Gasteiger partial charge in [0.25, 0.3) is 0 Å². The van der Waals surface area contributed by atoms with Crippen LogP contribution in [0.4, 0.5) is 0 Å². The van der Waals surface area contributed by atoms with E-state index in [0.717, 1.165) is 4.88 Å². The Bertz CT molecular complexity index is 463. The van der Waals surface area contributed by atoms with Crippen LogP contribution < -0.4 is 11.1 Å². The Kier molecular flexibility index (Phi) is 9.32. The first-order valence-electron chi connectivity index (χ1n) is 7.18. The fourth-order valence-electron chi connectivity index (χ4n) is 1.81. The van der Waals surface area contributed by atoms with E-state index in [1.54, 1.807) is 16.2 Å². The van der Waals surface area contributed by atoms with Crippen molar-refractivity contribution in [2.75, 3.05) is 6.54 Å². The number of nitrogens with one attached hydrogen (secondary N) is 1. The van der Waals surface area contributed by atoms with Crippen molar-refractivity contribution in [2.45, 2.75) is 46.3 Å². The number of hydrogen-bond donors (Lipinski definition) is 2. The van der Waals surface area contributed by atoms with Crippen molar-refractivity contribution in [1.29, 1.82) is 0 Å². The van der Waals surface area contributed by atoms with E-state index in [2.05, 4.69) is 5.32 Å². The maximum atomic E-state index is 12.3. The van der Waals surface area contributed by atoms with Crippen molar-refractivity contribution in [3.8, 4) is 0 Å². The maximum Gasteiger partial charge on any atom is 0.242 e. The third kappa shape index (κ3) is 6.34. The molecule has 2 amide bonds. The minimum absolute atomic E-state index is 0. The summed E-state index contributed by atoms with van der Waals surface area (Å²) in [5.74, 6) is -0.326. The Morgan fingerprint density at radius 3 is 2.41 bits per heavy atom. The van der Waals surface area contributed by atoms with Crippen LogP contribution in [0.25, 0.3) is 0 Å². The van der Waals surface area contributed by atoms with Crippen LogP contribution in [0.5, 0.6) is 0 Å². The van der Waals surface area contributed by atoms with Crippen LogP contribution in [-0.2, 0) is 16.1 Å². The predicted octanol–water partition coefficient (Wildman–Crippen LogP) is 2.01. The van der Waals surface area contributed by atoms with Gasteiger partial charge < -0.3 is 16.0 Å². The molecule has 1 atom stereocenters. The van der Waals surface area contributed by atoms with Gasteiger partial charge >= 0.3 is 0 Å². The molecular formula is C15H26ClN3O2S. The second-order valence-electron chi connectivity index (χ2n) is 5.68. The molecule has 0 aromatic carbocycles. The number of nitrogens with zero attached hydrogens (tertiary/aromatic N) is 1. The number of hydrogen-bond acceptors (Lipinski definition) is 4. The van der Waals surface area contributed by atoms with Gasteiger partial charge in [-0.25, -0.2) is 0 Å². The summed E-state index contributed by atoms with van der Waals surface area (Å²) in [5, 5.41) is 4.61. The Labute approximate surface area is 142 Å². The van der Waals surface area contributed by atoms with Gasteiger partial charge in [-0.1, -0.05) is 19.9 Å². The van der Waals surface area contributed by atoms with E-state index in [1.165, 1.54) is 0 Å². The second kappa shape index (κ2) is 9.82. The minimum Gasteiger partial charge on any atom is -0.346 e. The number of thiophene rings is 1. The van der Waals surface area contributed by atoms with Crippen LogP contribution in [0.15, 0.2) is 17.5 Å². The highest BCUT2D eigenvalue weighted by Crippen LogP contribution is 2.14. The summed E-state index contributed by atoms with van der Waals surface area (Å²) >= 11 is 1.62. The molecule has 22 heavy (non-hydrogen) atoms. The molecule has 0 aliphatic heterocycles. The molecule has 7 heteroatoms. The molecule has 0 saturated heterocycles. The van der Waals surface area contributed by atoms with Crippen molar-refractivity contribution in [3.63, 3.8) is 0 Å². The molecule has 5 nitrogen and oxygen atoms in total. The number of carbonyl (C=O) groups excluding carboxylic acids is 2. The molecule has 1 rings (SSSR count). The van der Waals surface area contributed by atoms with Gasteiger partial charge in [-0.3, -0.25) is 9.59 Å². The SMILES string of the molecule is CC(C)[C@H](N)C(=O)NCC(=O)N(Cc1cccs1)C(C)C.Cl. The molecule has 1 heterocycles. The Balaban J connectivity index is 0.00000441. The summed E-state index contributed by atoms with van der Waals surface area (Å²) in [4.78, 5) is 27.0. The second-order valence-corrected chi connectivity index (χ2v) is 6.71. The molecule has 0 bridgehead atoms. The first-order chi connectivity index (χ1) is 9.82. The number of halogens is 1. The van der Waals surface area contributed by atoms with E-state index < -0.39 is 6.04 Å². The molecule has 0 unspecified atom stereocenters. The lowest BCUT2D eigenvalue weighted by molar-refractivity contribution is -0.135. The van der Waals surface area contributed by atoms with Gasteiger partial charge in [-0.15, -0.1) is 23.7 Å². The summed E-state index contributed by atoms with van der Waals surface area (Å²) in [7, 11) is 0. The molecule has 0 aliphatic carbocycles. The number of carbonyl (C=O) groups is 2. The predicted molar refractivity (Wildman–Crippen MR) is 93.1 cm³/mol. The van der Waals surface area contributed by atoms with Crippen LogP contribution in [0, 0.1) is 5.92 Å². The van der Waals surface area contributed by atoms with Gasteiger partial charge in [0.2, 0.25) is 11.8 Å². The van der Waals surface area contributed by atoms with Crippen molar-refractivity contribution < 1.29 is 9.59 Å². The van der Waals surface area contributed by atoms with Crippen LogP contribution in [0.1, 0.15) is 32.6 Å². The Morgan fingerprint density at radius 1 is 1.32 bits per heavy atom. The normalized spacial score (nSPS) is 12.0. The summed E-state index contributed by atoms with van der Waals surface area (Å²) in [6.07, 6.45) is 0. The van der Waals surface area contributed by atoms with E-state index in [9.17, 15) is 9.59 Å². The van der Waals surface area contributed by atoms with Gasteiger partial charge in [0.05, 0.1) is 19.1 Å². The number of rotatable bonds is 7. The zero-order valence-electron chi connectivity index (χ0n) is 13.5. The van der Waals surface area contributed by atoms with Crippen molar-refractivity contribution >= 4 is 35.6 Å². The lowest BCUT2D eigenvalue weighted by Crippen LogP contribution is -2.48. The molecule has 0 radical (unpaired) electrons.